The maximum absolute atomic E-state index is 6.93. The van der Waals surface area contributed by atoms with Crippen LogP contribution in [0.2, 0.25) is 0 Å². The molecule has 9 aromatic carbocycles. The summed E-state index contributed by atoms with van der Waals surface area (Å²) in [5.74, 6) is 1.66. The lowest BCUT2D eigenvalue weighted by atomic mass is 10.1. The van der Waals surface area contributed by atoms with Gasteiger partial charge in [0.25, 0.3) is 0 Å². The number of ether oxygens (including phenoxy) is 1. The first kappa shape index (κ1) is 34.4. The first-order chi connectivity index (χ1) is 29.7. The molecule has 3 heterocycles. The standard InChI is InChI=1S/C54H35N3O2S/c1-4-15-36(16-5-1)56(37-17-6-2-7-18-37)47-24-14-26-52-54(47)59-51-32-29-41(35-53(51)60-52)55(39-28-31-50-45(33-39)44-22-11-13-25-49(44)58-50)40-27-30-43-42-21-10-12-23-46(42)57(48(43)34-40)38-19-8-3-9-20-38/h1-35H. The van der Waals surface area contributed by atoms with Crippen LogP contribution in [0.1, 0.15) is 0 Å². The van der Waals surface area contributed by atoms with Crippen LogP contribution in [0.25, 0.3) is 49.4 Å². The Morgan fingerprint density at radius 2 is 1.00 bits per heavy atom. The van der Waals surface area contributed by atoms with Gasteiger partial charge in [0, 0.05) is 55.7 Å². The first-order valence-electron chi connectivity index (χ1n) is 20.1. The topological polar surface area (TPSA) is 33.8 Å². The number of para-hydroxylation sites is 6. The number of furan rings is 1. The second-order valence-corrected chi connectivity index (χ2v) is 16.0. The summed E-state index contributed by atoms with van der Waals surface area (Å²) in [6.45, 7) is 0. The van der Waals surface area contributed by atoms with Gasteiger partial charge < -0.3 is 23.5 Å². The molecule has 0 bridgehead atoms. The summed E-state index contributed by atoms with van der Waals surface area (Å²) in [7, 11) is 0. The van der Waals surface area contributed by atoms with Crippen LogP contribution < -0.4 is 14.5 Å². The van der Waals surface area contributed by atoms with E-state index in [1.165, 1.54) is 16.3 Å². The number of fused-ring (bicyclic) bond motifs is 8. The van der Waals surface area contributed by atoms with Crippen molar-refractivity contribution in [3.8, 4) is 17.2 Å². The van der Waals surface area contributed by atoms with Crippen molar-refractivity contribution < 1.29 is 9.15 Å². The number of benzene rings is 9. The molecule has 1 aliphatic rings. The molecule has 0 amide bonds. The lowest BCUT2D eigenvalue weighted by Crippen LogP contribution is -2.12. The quantitative estimate of drug-likeness (QED) is 0.161. The molecule has 12 rings (SSSR count). The molecule has 284 valence electrons. The van der Waals surface area contributed by atoms with Crippen molar-refractivity contribution >= 4 is 89.6 Å². The summed E-state index contributed by atoms with van der Waals surface area (Å²) < 4.78 is 15.6. The van der Waals surface area contributed by atoms with Crippen LogP contribution in [0.5, 0.6) is 11.5 Å². The third kappa shape index (κ3) is 5.64. The third-order valence-corrected chi connectivity index (χ3v) is 12.5. The van der Waals surface area contributed by atoms with Crippen molar-refractivity contribution in [1.82, 2.24) is 4.57 Å². The molecule has 0 atom stereocenters. The van der Waals surface area contributed by atoms with E-state index in [0.717, 1.165) is 88.6 Å². The number of hydrogen-bond donors (Lipinski definition) is 0. The van der Waals surface area contributed by atoms with Crippen LogP contribution in [-0.4, -0.2) is 4.57 Å². The molecular formula is C54H35N3O2S. The number of hydrogen-bond acceptors (Lipinski definition) is 5. The van der Waals surface area contributed by atoms with Gasteiger partial charge in [-0.1, -0.05) is 115 Å². The lowest BCUT2D eigenvalue weighted by molar-refractivity contribution is 0.456. The van der Waals surface area contributed by atoms with Gasteiger partial charge in [0.2, 0.25) is 0 Å². The van der Waals surface area contributed by atoms with Crippen LogP contribution in [0, 0.1) is 0 Å². The largest absolute Gasteiger partial charge is 0.456 e. The zero-order valence-corrected chi connectivity index (χ0v) is 33.1. The van der Waals surface area contributed by atoms with E-state index in [2.05, 4.69) is 202 Å². The van der Waals surface area contributed by atoms with Crippen LogP contribution in [-0.2, 0) is 0 Å². The molecule has 6 heteroatoms. The highest BCUT2D eigenvalue weighted by Gasteiger charge is 2.27. The summed E-state index contributed by atoms with van der Waals surface area (Å²) in [5, 5.41) is 4.59. The molecule has 0 N–H and O–H groups in total. The molecule has 0 unspecified atom stereocenters. The van der Waals surface area contributed by atoms with Crippen LogP contribution >= 0.6 is 11.8 Å². The molecule has 0 radical (unpaired) electrons. The van der Waals surface area contributed by atoms with E-state index in [-0.39, 0.29) is 0 Å². The fraction of sp³-hybridized carbons (Fsp3) is 0. The summed E-state index contributed by atoms with van der Waals surface area (Å²) in [4.78, 5) is 6.72. The second-order valence-electron chi connectivity index (χ2n) is 14.9. The molecule has 5 nitrogen and oxygen atoms in total. The van der Waals surface area contributed by atoms with Gasteiger partial charge in [-0.15, -0.1) is 0 Å². The highest BCUT2D eigenvalue weighted by Crippen LogP contribution is 2.54. The normalized spacial score (nSPS) is 12.1. The number of anilines is 6. The van der Waals surface area contributed by atoms with E-state index in [1.54, 1.807) is 11.8 Å². The number of rotatable bonds is 7. The molecule has 0 aliphatic carbocycles. The second kappa shape index (κ2) is 14.0. The van der Waals surface area contributed by atoms with Crippen molar-refractivity contribution in [3.05, 3.63) is 212 Å². The summed E-state index contributed by atoms with van der Waals surface area (Å²) in [6.07, 6.45) is 0. The first-order valence-corrected chi connectivity index (χ1v) is 20.9. The Bertz CT molecular complexity index is 3360. The van der Waals surface area contributed by atoms with Gasteiger partial charge in [-0.2, -0.15) is 0 Å². The molecule has 60 heavy (non-hydrogen) atoms. The molecule has 0 saturated carbocycles. The smallest absolute Gasteiger partial charge is 0.165 e. The SMILES string of the molecule is c1ccc(N(c2ccccc2)c2cccc3c2Oc2ccc(N(c4ccc5oc6ccccc6c5c4)c4ccc5c6ccccc6n(-c6ccccc6)c5c4)cc2S3)cc1. The number of nitrogens with zero attached hydrogens (tertiary/aromatic N) is 3. The summed E-state index contributed by atoms with van der Waals surface area (Å²) in [5.41, 5.74) is 11.4. The van der Waals surface area contributed by atoms with Crippen molar-refractivity contribution in [2.75, 3.05) is 9.80 Å². The van der Waals surface area contributed by atoms with Gasteiger partial charge in [0.1, 0.15) is 16.9 Å². The summed E-state index contributed by atoms with van der Waals surface area (Å²) in [6, 6.07) is 74.8. The lowest BCUT2D eigenvalue weighted by Gasteiger charge is -2.31. The third-order valence-electron chi connectivity index (χ3n) is 11.4. The van der Waals surface area contributed by atoms with Gasteiger partial charge >= 0.3 is 0 Å². The van der Waals surface area contributed by atoms with Crippen LogP contribution in [0.15, 0.2) is 227 Å². The molecule has 1 aliphatic heterocycles. The van der Waals surface area contributed by atoms with Crippen LogP contribution in [0.3, 0.4) is 0 Å². The van der Waals surface area contributed by atoms with Gasteiger partial charge in [-0.25, -0.2) is 0 Å². The molecule has 0 saturated heterocycles. The Labute approximate surface area is 350 Å². The van der Waals surface area contributed by atoms with E-state index in [4.69, 9.17) is 9.15 Å². The van der Waals surface area contributed by atoms with E-state index in [9.17, 15) is 0 Å². The Morgan fingerprint density at radius 3 is 1.80 bits per heavy atom. The zero-order chi connectivity index (χ0) is 39.6. The highest BCUT2D eigenvalue weighted by molar-refractivity contribution is 7.99. The van der Waals surface area contributed by atoms with E-state index < -0.39 is 0 Å². The average Bonchev–Trinajstić information content (AvgIpc) is 3.85. The predicted molar refractivity (Wildman–Crippen MR) is 248 cm³/mol. The van der Waals surface area contributed by atoms with E-state index in [0.29, 0.717) is 0 Å². The maximum atomic E-state index is 6.93. The molecule has 11 aromatic rings. The average molecular weight is 790 g/mol. The molecular weight excluding hydrogens is 755 g/mol. The minimum Gasteiger partial charge on any atom is -0.456 e. The van der Waals surface area contributed by atoms with Gasteiger partial charge in [0.15, 0.2) is 5.75 Å². The predicted octanol–water partition coefficient (Wildman–Crippen LogP) is 15.9. The Hall–Kier alpha value is -7.67. The summed E-state index contributed by atoms with van der Waals surface area (Å²) >= 11 is 1.74. The monoisotopic (exact) mass is 789 g/mol. The molecule has 2 aromatic heterocycles. The van der Waals surface area contributed by atoms with Crippen molar-refractivity contribution in [3.63, 3.8) is 0 Å². The van der Waals surface area contributed by atoms with Gasteiger partial charge in [-0.05, 0) is 109 Å². The Kier molecular flexibility index (Phi) is 8.03. The Balaban J connectivity index is 1.02. The van der Waals surface area contributed by atoms with Crippen molar-refractivity contribution in [2.45, 2.75) is 9.79 Å². The Morgan fingerprint density at radius 1 is 0.383 bits per heavy atom. The minimum absolute atomic E-state index is 0.820. The fourth-order valence-corrected chi connectivity index (χ4v) is 9.74. The zero-order valence-electron chi connectivity index (χ0n) is 32.3. The van der Waals surface area contributed by atoms with Gasteiger partial charge in [-0.3, -0.25) is 0 Å². The van der Waals surface area contributed by atoms with Crippen LogP contribution in [0.4, 0.5) is 34.1 Å². The van der Waals surface area contributed by atoms with E-state index in [1.807, 2.05) is 24.3 Å². The number of aromatic nitrogens is 1. The fourth-order valence-electron chi connectivity index (χ4n) is 8.73. The van der Waals surface area contributed by atoms with Crippen molar-refractivity contribution in [2.24, 2.45) is 0 Å². The molecule has 0 fully saturated rings. The maximum Gasteiger partial charge on any atom is 0.165 e. The van der Waals surface area contributed by atoms with Gasteiger partial charge in [0.05, 0.1) is 26.5 Å². The minimum atomic E-state index is 0.820. The molecule has 0 spiro atoms. The van der Waals surface area contributed by atoms with E-state index >= 15 is 0 Å². The van der Waals surface area contributed by atoms with Crippen molar-refractivity contribution in [1.29, 1.82) is 0 Å². The highest BCUT2D eigenvalue weighted by atomic mass is 32.2.